The van der Waals surface area contributed by atoms with Crippen molar-refractivity contribution >= 4 is 92.1 Å². The van der Waals surface area contributed by atoms with Gasteiger partial charge in [0.25, 0.3) is 23.2 Å². The number of fused-ring (bicyclic) bond motifs is 3. The van der Waals surface area contributed by atoms with Gasteiger partial charge >= 0.3 is 0 Å². The van der Waals surface area contributed by atoms with Gasteiger partial charge in [-0.15, -0.1) is 11.8 Å². The average Bonchev–Trinajstić information content (AvgIpc) is 1.62. The maximum absolute atomic E-state index is 13.5. The molecule has 8 aromatic carbocycles. The molecule has 40 heteroatoms. The van der Waals surface area contributed by atoms with Crippen molar-refractivity contribution in [3.63, 3.8) is 0 Å². The molecule has 0 saturated heterocycles. The largest absolute Gasteiger partial charge is 0.396 e. The Morgan fingerprint density at radius 2 is 1.05 bits per heavy atom. The highest BCUT2D eigenvalue weighted by molar-refractivity contribution is 6.38. The van der Waals surface area contributed by atoms with Crippen LogP contribution in [0.25, 0.3) is 62.7 Å². The van der Waals surface area contributed by atoms with Gasteiger partial charge in [0.1, 0.15) is 34.3 Å². The molecule has 1 fully saturated rings. The first-order chi connectivity index (χ1) is 53.9. The molecule has 3 atom stereocenters. The molecular weight excluding hydrogens is 1510 g/mol. The van der Waals surface area contributed by atoms with Crippen LogP contribution in [0.5, 0.6) is 0 Å². The van der Waals surface area contributed by atoms with Crippen molar-refractivity contribution in [2.45, 2.75) is 65.3 Å². The topological polar surface area (TPSA) is 504 Å². The Morgan fingerprint density at radius 1 is 0.571 bits per heavy atom. The zero-order valence-corrected chi connectivity index (χ0v) is 60.5. The first-order valence-electron chi connectivity index (χ1n) is 32.9. The maximum atomic E-state index is 13.5. The third-order valence-electron chi connectivity index (χ3n) is 15.2. The third kappa shape index (κ3) is 28.6. The minimum absolute atomic E-state index is 0.0214. The number of nitro benzene ring substituents is 2. The summed E-state index contributed by atoms with van der Waals surface area (Å²) in [6, 6.07) is 41.9. The third-order valence-corrected chi connectivity index (χ3v) is 15.8. The summed E-state index contributed by atoms with van der Waals surface area (Å²) in [6.45, 7) is 5.43. The van der Waals surface area contributed by atoms with E-state index in [1.54, 1.807) is 42.2 Å². The summed E-state index contributed by atoms with van der Waals surface area (Å²) in [5.41, 5.74) is 55.1. The van der Waals surface area contributed by atoms with Crippen molar-refractivity contribution in [2.75, 3.05) is 31.1 Å². The minimum Gasteiger partial charge on any atom is -0.396 e. The molecule has 32 nitrogen and oxygen atoms in total. The standard InChI is InChI=1S/C18H16N2O.C10H8F4N4O.C10H11N5O3.C10H14O.C6H3Cl2N3.C6H3F2N3.C6H4N4O2.C6H5N3/c19-12-11-18(21)20-13-16-7-2-1-5-14(16)9-10-15-6-3-4-8-17(15)20;1-2-3-16-10(19)4-5(11)7(13)9(17-18-15)8(14)6(4)12;1-2-5-12-10(16)7-3-4-8(13-14-11)9(6-7)15(17)18;11-7-10-8-5-3-1-2-4-6-9(8)10;2*7-4-2-1-3-5(8)6(4)10-11-9;7-9-8-5-1-3-6(4-2-5)10(11)12;7-9-8-6-4-2-1-3-5-6/h1-8H,11-13,19H2;2-3H2,1H3,(H,16,19);3-4,6H,2,5H2,1H3,(H,12,16);8-11H,3-7H2;2*1-3H;1-4H;1-5H/t;;;8-,9+,10?;;;;. The van der Waals surface area contributed by atoms with Crippen LogP contribution in [0.4, 0.5) is 77.5 Å². The molecule has 5 N–H and O–H groups in total. The van der Waals surface area contributed by atoms with E-state index in [1.807, 2.05) is 78.6 Å². The van der Waals surface area contributed by atoms with Crippen LogP contribution in [0.2, 0.25) is 10.0 Å². The summed E-state index contributed by atoms with van der Waals surface area (Å²) in [5, 5.41) is 53.8. The highest BCUT2D eigenvalue weighted by Crippen LogP contribution is 2.52. The number of carbonyl (C=O) groups excluding carboxylic acids is 3. The lowest BCUT2D eigenvalue weighted by Gasteiger charge is -2.25. The van der Waals surface area contributed by atoms with Crippen molar-refractivity contribution < 1.29 is 55.7 Å². The van der Waals surface area contributed by atoms with E-state index in [-0.39, 0.29) is 35.1 Å². The number of azide groups is 6. The van der Waals surface area contributed by atoms with Crippen LogP contribution in [0.3, 0.4) is 0 Å². The van der Waals surface area contributed by atoms with Gasteiger partial charge in [0.05, 0.1) is 37.8 Å². The van der Waals surface area contributed by atoms with Gasteiger partial charge in [-0.25, -0.2) is 26.3 Å². The monoisotopic (exact) mass is 1580 g/mol. The van der Waals surface area contributed by atoms with Crippen LogP contribution in [-0.4, -0.2) is 58.9 Å². The molecule has 112 heavy (non-hydrogen) atoms. The number of hydrogen-bond donors (Lipinski definition) is 4. The molecule has 1 saturated carbocycles. The van der Waals surface area contributed by atoms with Gasteiger partial charge in [-0.3, -0.25) is 34.6 Å². The van der Waals surface area contributed by atoms with Gasteiger partial charge in [0, 0.05) is 121 Å². The van der Waals surface area contributed by atoms with E-state index in [9.17, 15) is 61.0 Å². The van der Waals surface area contributed by atoms with E-state index in [1.165, 1.54) is 55.3 Å². The number of nitrogens with zero attached hydrogens (tertiary/aromatic N) is 21. The fourth-order valence-electron chi connectivity index (χ4n) is 9.83. The predicted octanol–water partition coefficient (Wildman–Crippen LogP) is 21.7. The number of aliphatic hydroxyl groups excluding tert-OH is 1. The van der Waals surface area contributed by atoms with Crippen LogP contribution < -0.4 is 21.3 Å². The lowest BCUT2D eigenvalue weighted by Crippen LogP contribution is -2.33. The Kier molecular flexibility index (Phi) is 39.6. The molecule has 3 amide bonds. The first-order valence-corrected chi connectivity index (χ1v) is 33.7. The summed E-state index contributed by atoms with van der Waals surface area (Å²) in [4.78, 5) is 71.5. The molecule has 0 spiro atoms. The average molecular weight is 1580 g/mol. The summed E-state index contributed by atoms with van der Waals surface area (Å²) < 4.78 is 78.7. The number of nitro groups is 2. The fourth-order valence-corrected chi connectivity index (χ4v) is 10.3. The van der Waals surface area contributed by atoms with E-state index in [4.69, 9.17) is 67.2 Å². The van der Waals surface area contributed by atoms with Crippen molar-refractivity contribution in [3.05, 3.63) is 313 Å². The Morgan fingerprint density at radius 3 is 1.57 bits per heavy atom. The zero-order valence-electron chi connectivity index (χ0n) is 59.0. The number of para-hydroxylation sites is 1. The van der Waals surface area contributed by atoms with Crippen molar-refractivity contribution in [3.8, 4) is 23.7 Å². The number of nitrogens with two attached hydrogens (primary N) is 1. The smallest absolute Gasteiger partial charge is 0.279 e. The summed E-state index contributed by atoms with van der Waals surface area (Å²) in [6.07, 6.45) is 6.13. The predicted molar refractivity (Wildman–Crippen MR) is 407 cm³/mol. The number of aliphatic hydroxyl groups is 1. The second-order valence-electron chi connectivity index (χ2n) is 22.4. The molecule has 0 radical (unpaired) electrons. The number of anilines is 1. The quantitative estimate of drug-likeness (QED) is 0.00982. The lowest BCUT2D eigenvalue weighted by atomic mass is 10.0. The second-order valence-corrected chi connectivity index (χ2v) is 23.2. The normalized spacial score (nSPS) is 12.9. The van der Waals surface area contributed by atoms with Crippen molar-refractivity contribution in [1.29, 1.82) is 0 Å². The fraction of sp³-hybridized carbons (Fsp3) is 0.236. The number of halogens is 8. The highest BCUT2D eigenvalue weighted by atomic mass is 35.5. The van der Waals surface area contributed by atoms with Crippen LogP contribution in [0, 0.1) is 96.6 Å². The Labute approximate surface area is 643 Å². The van der Waals surface area contributed by atoms with Crippen LogP contribution in [0.15, 0.2) is 188 Å². The molecule has 576 valence electrons. The number of rotatable bonds is 17. The van der Waals surface area contributed by atoms with E-state index >= 15 is 0 Å². The molecule has 1 aliphatic heterocycles. The van der Waals surface area contributed by atoms with E-state index in [0.29, 0.717) is 66.4 Å². The number of carbonyl (C=O) groups is 3. The van der Waals surface area contributed by atoms with Crippen molar-refractivity contribution in [1.82, 2.24) is 10.6 Å². The van der Waals surface area contributed by atoms with Crippen LogP contribution in [-0.2, 0) is 11.3 Å². The SMILES string of the molecule is CCCNC(=O)c1c(F)c(F)c(N=[N+]=[N-])c(F)c1F.CCCNC(=O)c1ccc(N=[N+]=[N-])c([N+](=O)[O-])c1.NCCC(=O)N1Cc2ccccc2C#Cc2ccccc21.OCC1[C@H]2CCC#CCC[C@@H]12.[N-]=[N+]=Nc1c(Cl)cccc1Cl.[N-]=[N+]=Nc1c(F)cccc1F.[N-]=[N+]=Nc1ccc([N+](=O)[O-])cc1.[N-]=[N+]=Nc1ccccc1. The van der Waals surface area contributed by atoms with Gasteiger partial charge in [-0.05, 0) is 149 Å². The number of nitrogens with one attached hydrogen (secondary N) is 2. The molecule has 1 unspecified atom stereocenters. The van der Waals surface area contributed by atoms with Gasteiger partial charge in [-0.2, -0.15) is 0 Å². The summed E-state index contributed by atoms with van der Waals surface area (Å²) in [7, 11) is 0. The van der Waals surface area contributed by atoms with E-state index < -0.39 is 79.2 Å². The van der Waals surface area contributed by atoms with Crippen LogP contribution in [0.1, 0.15) is 96.2 Å². The first kappa shape index (κ1) is 90.4. The summed E-state index contributed by atoms with van der Waals surface area (Å²) >= 11 is 11.3. The Bertz CT molecular complexity index is 4920. The number of non-ortho nitro benzene ring substituents is 1. The molecule has 11 rings (SSSR count). The highest BCUT2D eigenvalue weighted by Gasteiger charge is 2.48. The molecule has 1 heterocycles. The number of hydrogen-bond acceptors (Lipinski definition) is 15. The molecule has 0 aromatic heterocycles. The second kappa shape index (κ2) is 49.1. The van der Waals surface area contributed by atoms with E-state index in [0.717, 1.165) is 71.7 Å². The molecular formula is C72H64Cl2F6N24O8. The van der Waals surface area contributed by atoms with Gasteiger partial charge in [0.2, 0.25) is 5.91 Å². The zero-order chi connectivity index (χ0) is 82.5. The molecule has 2 aliphatic carbocycles. The van der Waals surface area contributed by atoms with Crippen LogP contribution >= 0.6 is 23.2 Å². The molecule has 3 aliphatic rings. The lowest BCUT2D eigenvalue weighted by molar-refractivity contribution is -0.384. The number of benzene rings is 8. The Balaban J connectivity index is 0.000000274. The van der Waals surface area contributed by atoms with E-state index in [2.05, 4.69) is 89.6 Å². The number of amides is 3. The minimum atomic E-state index is -1.92. The van der Waals surface area contributed by atoms with Gasteiger partial charge < -0.3 is 26.4 Å². The molecule has 0 bridgehead atoms. The van der Waals surface area contributed by atoms with Gasteiger partial charge in [0.15, 0.2) is 23.3 Å². The molecule has 8 aromatic rings. The van der Waals surface area contributed by atoms with Gasteiger partial charge in [-0.1, -0.05) is 152 Å². The summed E-state index contributed by atoms with van der Waals surface area (Å²) in [5.74, 6) is 3.92. The maximum Gasteiger partial charge on any atom is 0.279 e. The Hall–Kier alpha value is -14.0. The van der Waals surface area contributed by atoms with Crippen molar-refractivity contribution in [2.24, 2.45) is 54.2 Å².